The Bertz CT molecular complexity index is 1100. The molecule has 5 rings (SSSR count). The highest BCUT2D eigenvalue weighted by molar-refractivity contribution is 6.06. The summed E-state index contributed by atoms with van der Waals surface area (Å²) in [4.78, 5) is 16.8. The van der Waals surface area contributed by atoms with E-state index in [-0.39, 0.29) is 11.7 Å². The third kappa shape index (κ3) is 2.23. The van der Waals surface area contributed by atoms with Gasteiger partial charge >= 0.3 is 0 Å². The number of benzene rings is 3. The Hall–Kier alpha value is -3.39. The summed E-state index contributed by atoms with van der Waals surface area (Å²) in [5.41, 5.74) is 3.56. The topological polar surface area (TPSA) is 32.9 Å². The van der Waals surface area contributed by atoms with E-state index in [2.05, 4.69) is 53.7 Å². The smallest absolute Gasteiger partial charge is 0.171 e. The highest BCUT2D eigenvalue weighted by atomic mass is 16.1. The summed E-state index contributed by atoms with van der Waals surface area (Å²) in [6, 6.07) is 28.6. The lowest BCUT2D eigenvalue weighted by Gasteiger charge is -2.35. The van der Waals surface area contributed by atoms with Crippen molar-refractivity contribution in [2.24, 2.45) is 0 Å². The van der Waals surface area contributed by atoms with Crippen LogP contribution in [0.5, 0.6) is 0 Å². The van der Waals surface area contributed by atoms with Gasteiger partial charge in [0.05, 0.1) is 5.41 Å². The van der Waals surface area contributed by atoms with Crippen LogP contribution < -0.4 is 0 Å². The number of carbonyl (C=O) groups is 1. The number of fused-ring (bicyclic) bond motifs is 1. The quantitative estimate of drug-likeness (QED) is 0.529. The molecule has 0 fully saturated rings. The first-order valence-corrected chi connectivity index (χ1v) is 9.21. The second kappa shape index (κ2) is 6.10. The van der Waals surface area contributed by atoms with E-state index < -0.39 is 5.41 Å². The monoisotopic (exact) mass is 349 g/mol. The Morgan fingerprint density at radius 1 is 0.741 bits per heavy atom. The van der Waals surface area contributed by atoms with Gasteiger partial charge in [0.25, 0.3) is 0 Å². The maximum atomic E-state index is 13.4. The van der Waals surface area contributed by atoms with Gasteiger partial charge in [-0.2, -0.15) is 0 Å². The van der Waals surface area contributed by atoms with Crippen LogP contribution in [0.4, 0.5) is 0 Å². The number of allylic oxidation sites excluding steroid dienone is 2. The fraction of sp³-hybridized carbons (Fsp3) is 0.0800. The number of para-hydroxylation sites is 1. The number of ketones is 1. The molecule has 1 atom stereocenters. The van der Waals surface area contributed by atoms with E-state index >= 15 is 0 Å². The largest absolute Gasteiger partial charge is 0.361 e. The minimum absolute atomic E-state index is 0.0639. The maximum absolute atomic E-state index is 13.4. The Labute approximate surface area is 158 Å². The van der Waals surface area contributed by atoms with Crippen LogP contribution in [0.25, 0.3) is 10.9 Å². The second-order valence-electron chi connectivity index (χ2n) is 7.03. The van der Waals surface area contributed by atoms with Crippen molar-refractivity contribution in [3.8, 4) is 0 Å². The lowest BCUT2D eigenvalue weighted by atomic mass is 9.64. The number of nitrogens with one attached hydrogen (secondary N) is 1. The van der Waals surface area contributed by atoms with E-state index in [1.165, 1.54) is 0 Å². The van der Waals surface area contributed by atoms with E-state index in [9.17, 15) is 4.79 Å². The Balaban J connectivity index is 1.82. The maximum Gasteiger partial charge on any atom is 0.171 e. The standard InChI is InChI=1S/C25H19NO/c27-24-16-15-22(21-17-26-23-14-8-7-13-20(21)23)25(24,18-9-3-1-4-10-18)19-11-5-2-6-12-19/h1-17,22,26H/t22-/m0/s1. The third-order valence-electron chi connectivity index (χ3n) is 5.71. The van der Waals surface area contributed by atoms with Crippen LogP contribution in [0.2, 0.25) is 0 Å². The highest BCUT2D eigenvalue weighted by Crippen LogP contribution is 2.51. The first-order chi connectivity index (χ1) is 13.3. The molecule has 1 heterocycles. The molecular weight excluding hydrogens is 330 g/mol. The minimum Gasteiger partial charge on any atom is -0.361 e. The number of aromatic nitrogens is 1. The van der Waals surface area contributed by atoms with Crippen LogP contribution >= 0.6 is 0 Å². The zero-order chi connectivity index (χ0) is 18.3. The van der Waals surface area contributed by atoms with Crippen LogP contribution in [-0.2, 0) is 10.2 Å². The molecule has 1 aliphatic carbocycles. The SMILES string of the molecule is O=C1C=C[C@@H](c2c[nH]c3ccccc23)C1(c1ccccc1)c1ccccc1. The van der Waals surface area contributed by atoms with Crippen molar-refractivity contribution in [1.29, 1.82) is 0 Å². The molecule has 2 nitrogen and oxygen atoms in total. The van der Waals surface area contributed by atoms with E-state index in [0.29, 0.717) is 0 Å². The van der Waals surface area contributed by atoms with Crippen LogP contribution in [0.3, 0.4) is 0 Å². The molecule has 0 spiro atoms. The number of aromatic amines is 1. The molecule has 0 unspecified atom stereocenters. The van der Waals surface area contributed by atoms with Gasteiger partial charge in [0, 0.05) is 23.0 Å². The molecule has 3 aromatic carbocycles. The van der Waals surface area contributed by atoms with Gasteiger partial charge in [0.2, 0.25) is 0 Å². The molecule has 4 aromatic rings. The zero-order valence-corrected chi connectivity index (χ0v) is 14.8. The van der Waals surface area contributed by atoms with Crippen molar-refractivity contribution in [1.82, 2.24) is 4.98 Å². The average molecular weight is 349 g/mol. The van der Waals surface area contributed by atoms with Gasteiger partial charge in [-0.1, -0.05) is 84.9 Å². The highest BCUT2D eigenvalue weighted by Gasteiger charge is 2.50. The summed E-state index contributed by atoms with van der Waals surface area (Å²) in [5.74, 6) is 0.0705. The van der Waals surface area contributed by atoms with Crippen molar-refractivity contribution >= 4 is 16.7 Å². The first-order valence-electron chi connectivity index (χ1n) is 9.21. The van der Waals surface area contributed by atoms with Crippen LogP contribution in [-0.4, -0.2) is 10.8 Å². The molecule has 0 saturated carbocycles. The molecule has 1 aliphatic rings. The Kier molecular flexibility index (Phi) is 3.58. The van der Waals surface area contributed by atoms with Gasteiger partial charge in [0.1, 0.15) is 0 Å². The molecular formula is C25H19NO. The summed E-state index contributed by atoms with van der Waals surface area (Å²) in [5, 5.41) is 1.16. The molecule has 0 saturated heterocycles. The van der Waals surface area contributed by atoms with Gasteiger partial charge in [-0.25, -0.2) is 0 Å². The predicted molar refractivity (Wildman–Crippen MR) is 109 cm³/mol. The number of hydrogen-bond donors (Lipinski definition) is 1. The summed E-state index contributed by atoms with van der Waals surface area (Å²) >= 11 is 0. The van der Waals surface area contributed by atoms with Gasteiger partial charge < -0.3 is 4.98 Å². The van der Waals surface area contributed by atoms with Crippen molar-refractivity contribution in [3.05, 3.63) is 120 Å². The van der Waals surface area contributed by atoms with E-state index in [4.69, 9.17) is 0 Å². The lowest BCUT2D eigenvalue weighted by Crippen LogP contribution is -2.38. The third-order valence-corrected chi connectivity index (χ3v) is 5.71. The molecule has 0 amide bonds. The summed E-state index contributed by atoms with van der Waals surface area (Å²) in [7, 11) is 0. The molecule has 1 aromatic heterocycles. The van der Waals surface area contributed by atoms with Crippen LogP contribution in [0.15, 0.2) is 103 Å². The number of H-pyrrole nitrogens is 1. The zero-order valence-electron chi connectivity index (χ0n) is 14.8. The van der Waals surface area contributed by atoms with Gasteiger partial charge in [0.15, 0.2) is 5.78 Å². The van der Waals surface area contributed by atoms with E-state index in [1.54, 1.807) is 6.08 Å². The van der Waals surface area contributed by atoms with Gasteiger partial charge in [-0.3, -0.25) is 4.79 Å². The fourth-order valence-corrected chi connectivity index (χ4v) is 4.51. The molecule has 1 N–H and O–H groups in total. The van der Waals surface area contributed by atoms with E-state index in [0.717, 1.165) is 27.6 Å². The first kappa shape index (κ1) is 15.8. The average Bonchev–Trinajstić information content (AvgIpc) is 3.30. The fourth-order valence-electron chi connectivity index (χ4n) is 4.51. The van der Waals surface area contributed by atoms with Crippen molar-refractivity contribution < 1.29 is 4.79 Å². The van der Waals surface area contributed by atoms with Crippen LogP contribution in [0.1, 0.15) is 22.6 Å². The van der Waals surface area contributed by atoms with Crippen molar-refractivity contribution in [2.45, 2.75) is 11.3 Å². The van der Waals surface area contributed by atoms with Crippen LogP contribution in [0, 0.1) is 0 Å². The molecule has 2 heteroatoms. The van der Waals surface area contributed by atoms with Crippen molar-refractivity contribution in [3.63, 3.8) is 0 Å². The normalized spacial score (nSPS) is 18.2. The predicted octanol–water partition coefficient (Wildman–Crippen LogP) is 5.38. The summed E-state index contributed by atoms with van der Waals surface area (Å²) in [6.45, 7) is 0. The van der Waals surface area contributed by atoms with Crippen molar-refractivity contribution in [2.75, 3.05) is 0 Å². The molecule has 0 radical (unpaired) electrons. The number of carbonyl (C=O) groups excluding carboxylic acids is 1. The molecule has 0 bridgehead atoms. The molecule has 0 aliphatic heterocycles. The van der Waals surface area contributed by atoms with Gasteiger partial charge in [-0.05, 0) is 28.8 Å². The lowest BCUT2D eigenvalue weighted by molar-refractivity contribution is -0.118. The van der Waals surface area contributed by atoms with E-state index in [1.807, 2.05) is 48.5 Å². The minimum atomic E-state index is -0.743. The number of hydrogen-bond acceptors (Lipinski definition) is 1. The molecule has 27 heavy (non-hydrogen) atoms. The molecule has 130 valence electrons. The Morgan fingerprint density at radius 3 is 2.00 bits per heavy atom. The summed E-state index contributed by atoms with van der Waals surface area (Å²) in [6.07, 6.45) is 5.88. The second-order valence-corrected chi connectivity index (χ2v) is 7.03. The summed E-state index contributed by atoms with van der Waals surface area (Å²) < 4.78 is 0. The Morgan fingerprint density at radius 2 is 1.33 bits per heavy atom. The number of rotatable bonds is 3. The van der Waals surface area contributed by atoms with Gasteiger partial charge in [-0.15, -0.1) is 0 Å².